The summed E-state index contributed by atoms with van der Waals surface area (Å²) in [4.78, 5) is 27.8. The Balaban J connectivity index is 2.05. The number of benzene rings is 1. The lowest BCUT2D eigenvalue weighted by Gasteiger charge is -2.34. The summed E-state index contributed by atoms with van der Waals surface area (Å²) < 4.78 is 10.4. The zero-order valence-electron chi connectivity index (χ0n) is 14.3. The van der Waals surface area contributed by atoms with E-state index >= 15 is 0 Å². The van der Waals surface area contributed by atoms with Crippen LogP contribution in [0.2, 0.25) is 5.02 Å². The second-order valence-corrected chi connectivity index (χ2v) is 5.92. The number of aryl methyl sites for hydroxylation is 1. The van der Waals surface area contributed by atoms with Crippen LogP contribution in [0.5, 0.6) is 5.75 Å². The van der Waals surface area contributed by atoms with Gasteiger partial charge in [0.05, 0.1) is 18.2 Å². The van der Waals surface area contributed by atoms with Crippen molar-refractivity contribution in [3.05, 3.63) is 28.3 Å². The Hall–Kier alpha value is -1.95. The van der Waals surface area contributed by atoms with Crippen LogP contribution in [0.3, 0.4) is 0 Å². The molecule has 0 atom stereocenters. The predicted molar refractivity (Wildman–Crippen MR) is 91.9 cm³/mol. The molecule has 0 N–H and O–H groups in total. The Morgan fingerprint density at radius 3 is 2.29 bits per heavy atom. The normalized spacial score (nSPS) is 14.5. The van der Waals surface area contributed by atoms with Gasteiger partial charge in [-0.1, -0.05) is 11.6 Å². The van der Waals surface area contributed by atoms with Crippen molar-refractivity contribution in [2.24, 2.45) is 0 Å². The molecule has 1 saturated heterocycles. The van der Waals surface area contributed by atoms with Gasteiger partial charge in [-0.25, -0.2) is 4.79 Å². The molecule has 0 aliphatic carbocycles. The van der Waals surface area contributed by atoms with Crippen molar-refractivity contribution < 1.29 is 19.1 Å². The summed E-state index contributed by atoms with van der Waals surface area (Å²) in [5.74, 6) is 0.501. The van der Waals surface area contributed by atoms with E-state index in [0.29, 0.717) is 55.7 Å². The van der Waals surface area contributed by atoms with Crippen molar-refractivity contribution in [1.29, 1.82) is 0 Å². The van der Waals surface area contributed by atoms with E-state index in [4.69, 9.17) is 21.1 Å². The third-order valence-corrected chi connectivity index (χ3v) is 4.20. The number of hydrogen-bond donors (Lipinski definition) is 0. The van der Waals surface area contributed by atoms with Crippen LogP contribution >= 0.6 is 11.6 Å². The number of piperazine rings is 1. The fourth-order valence-corrected chi connectivity index (χ4v) is 2.85. The summed E-state index contributed by atoms with van der Waals surface area (Å²) in [6.45, 7) is 8.27. The molecule has 2 rings (SSSR count). The van der Waals surface area contributed by atoms with Gasteiger partial charge in [0.2, 0.25) is 0 Å². The number of ether oxygens (including phenoxy) is 2. The molecule has 1 aromatic carbocycles. The third kappa shape index (κ3) is 4.12. The number of halogens is 1. The SMILES string of the molecule is CCOC(=O)N1CCN(C(=O)c2cc(Cl)c(OCC)cc2C)CC1. The van der Waals surface area contributed by atoms with Crippen LogP contribution in [0.1, 0.15) is 29.8 Å². The van der Waals surface area contributed by atoms with Gasteiger partial charge in [-0.15, -0.1) is 0 Å². The number of carbonyl (C=O) groups excluding carboxylic acids is 2. The first kappa shape index (κ1) is 18.4. The lowest BCUT2D eigenvalue weighted by Crippen LogP contribution is -2.50. The summed E-state index contributed by atoms with van der Waals surface area (Å²) in [5.41, 5.74) is 1.38. The minimum Gasteiger partial charge on any atom is -0.492 e. The fourth-order valence-electron chi connectivity index (χ4n) is 2.63. The highest BCUT2D eigenvalue weighted by Gasteiger charge is 2.26. The van der Waals surface area contributed by atoms with Crippen LogP contribution in [-0.4, -0.2) is 61.2 Å². The maximum absolute atomic E-state index is 12.7. The van der Waals surface area contributed by atoms with Crippen molar-refractivity contribution >= 4 is 23.6 Å². The van der Waals surface area contributed by atoms with Crippen LogP contribution in [0.15, 0.2) is 12.1 Å². The average Bonchev–Trinajstić information content (AvgIpc) is 2.58. The first-order chi connectivity index (χ1) is 11.5. The summed E-state index contributed by atoms with van der Waals surface area (Å²) >= 11 is 6.20. The largest absolute Gasteiger partial charge is 0.492 e. The van der Waals surface area contributed by atoms with Gasteiger partial charge >= 0.3 is 6.09 Å². The standard InChI is InChI=1S/C17H23ClN2O4/c1-4-23-15-10-12(3)13(11-14(15)18)16(21)19-6-8-20(9-7-19)17(22)24-5-2/h10-11H,4-9H2,1-3H3. The molecule has 24 heavy (non-hydrogen) atoms. The predicted octanol–water partition coefficient (Wildman–Crippen LogP) is 2.96. The van der Waals surface area contributed by atoms with E-state index in [0.717, 1.165) is 5.56 Å². The Morgan fingerprint density at radius 2 is 1.71 bits per heavy atom. The van der Waals surface area contributed by atoms with E-state index in [1.165, 1.54) is 0 Å². The molecule has 6 nitrogen and oxygen atoms in total. The van der Waals surface area contributed by atoms with Gasteiger partial charge < -0.3 is 19.3 Å². The van der Waals surface area contributed by atoms with Gasteiger partial charge in [-0.3, -0.25) is 4.79 Å². The van der Waals surface area contributed by atoms with Crippen LogP contribution in [0, 0.1) is 6.92 Å². The van der Waals surface area contributed by atoms with E-state index < -0.39 is 0 Å². The quantitative estimate of drug-likeness (QED) is 0.834. The molecule has 1 fully saturated rings. The van der Waals surface area contributed by atoms with Crippen molar-refractivity contribution in [3.63, 3.8) is 0 Å². The van der Waals surface area contributed by atoms with Crippen LogP contribution in [-0.2, 0) is 4.74 Å². The molecule has 0 spiro atoms. The molecule has 1 aromatic rings. The molecule has 0 radical (unpaired) electrons. The minimum atomic E-state index is -0.329. The van der Waals surface area contributed by atoms with Gasteiger partial charge in [0.1, 0.15) is 5.75 Å². The summed E-state index contributed by atoms with van der Waals surface area (Å²) in [6.07, 6.45) is -0.329. The molecule has 1 heterocycles. The Morgan fingerprint density at radius 1 is 1.08 bits per heavy atom. The van der Waals surface area contributed by atoms with Gasteiger partial charge in [0.15, 0.2) is 0 Å². The number of rotatable bonds is 4. The summed E-state index contributed by atoms with van der Waals surface area (Å²) in [6, 6.07) is 3.44. The van der Waals surface area contributed by atoms with E-state index in [1.807, 2.05) is 13.8 Å². The lowest BCUT2D eigenvalue weighted by molar-refractivity contribution is 0.0570. The molecule has 7 heteroatoms. The molecule has 0 bridgehead atoms. The Bertz CT molecular complexity index is 613. The molecule has 1 aliphatic rings. The average molecular weight is 355 g/mol. The second-order valence-electron chi connectivity index (χ2n) is 5.51. The van der Waals surface area contributed by atoms with Crippen molar-refractivity contribution in [1.82, 2.24) is 9.80 Å². The lowest BCUT2D eigenvalue weighted by atomic mass is 10.1. The highest BCUT2D eigenvalue weighted by Crippen LogP contribution is 2.29. The monoisotopic (exact) mass is 354 g/mol. The molecule has 0 aromatic heterocycles. The van der Waals surface area contributed by atoms with E-state index in [-0.39, 0.29) is 12.0 Å². The number of nitrogens with zero attached hydrogens (tertiary/aromatic N) is 2. The highest BCUT2D eigenvalue weighted by atomic mass is 35.5. The second kappa shape index (κ2) is 8.24. The van der Waals surface area contributed by atoms with Crippen molar-refractivity contribution in [2.45, 2.75) is 20.8 Å². The topological polar surface area (TPSA) is 59.1 Å². The van der Waals surface area contributed by atoms with Gasteiger partial charge in [-0.05, 0) is 38.5 Å². The van der Waals surface area contributed by atoms with Crippen molar-refractivity contribution in [2.75, 3.05) is 39.4 Å². The van der Waals surface area contributed by atoms with Gasteiger partial charge in [0.25, 0.3) is 5.91 Å². The molecule has 0 saturated carbocycles. The zero-order chi connectivity index (χ0) is 17.7. The Kier molecular flexibility index (Phi) is 6.31. The first-order valence-corrected chi connectivity index (χ1v) is 8.49. The van der Waals surface area contributed by atoms with Gasteiger partial charge in [-0.2, -0.15) is 0 Å². The molecular weight excluding hydrogens is 332 g/mol. The Labute approximate surface area is 147 Å². The van der Waals surface area contributed by atoms with E-state index in [1.54, 1.807) is 28.9 Å². The zero-order valence-corrected chi connectivity index (χ0v) is 15.1. The minimum absolute atomic E-state index is 0.0824. The number of hydrogen-bond acceptors (Lipinski definition) is 4. The molecule has 132 valence electrons. The summed E-state index contributed by atoms with van der Waals surface area (Å²) in [7, 11) is 0. The maximum atomic E-state index is 12.7. The smallest absolute Gasteiger partial charge is 0.409 e. The third-order valence-electron chi connectivity index (χ3n) is 3.90. The molecule has 0 unspecified atom stereocenters. The van der Waals surface area contributed by atoms with Crippen molar-refractivity contribution in [3.8, 4) is 5.75 Å². The maximum Gasteiger partial charge on any atom is 0.409 e. The number of carbonyl (C=O) groups is 2. The molecule has 2 amide bonds. The van der Waals surface area contributed by atoms with Gasteiger partial charge in [0, 0.05) is 31.7 Å². The fraction of sp³-hybridized carbons (Fsp3) is 0.529. The molecular formula is C17H23ClN2O4. The van der Waals surface area contributed by atoms with E-state index in [9.17, 15) is 9.59 Å². The van der Waals surface area contributed by atoms with E-state index in [2.05, 4.69) is 0 Å². The number of amides is 2. The van der Waals surface area contributed by atoms with Crippen LogP contribution in [0.25, 0.3) is 0 Å². The summed E-state index contributed by atoms with van der Waals surface area (Å²) in [5, 5.41) is 0.427. The highest BCUT2D eigenvalue weighted by molar-refractivity contribution is 6.32. The van der Waals surface area contributed by atoms with Crippen LogP contribution < -0.4 is 4.74 Å². The first-order valence-electron chi connectivity index (χ1n) is 8.11. The van der Waals surface area contributed by atoms with Crippen LogP contribution in [0.4, 0.5) is 4.79 Å². The molecule has 1 aliphatic heterocycles.